The molecule has 2 N–H and O–H groups in total. The Morgan fingerprint density at radius 1 is 1.41 bits per heavy atom. The summed E-state index contributed by atoms with van der Waals surface area (Å²) in [5.41, 5.74) is 7.06. The molecule has 1 heterocycles. The molecule has 0 radical (unpaired) electrons. The van der Waals surface area contributed by atoms with E-state index in [1.54, 1.807) is 12.1 Å². The van der Waals surface area contributed by atoms with Gasteiger partial charge in [-0.1, -0.05) is 12.1 Å². The SMILES string of the molecule is N#CC1=C(N)OC2=C(CCC2=O)[C@H]1c1cccc([N+](=O)[O-])c1. The van der Waals surface area contributed by atoms with Crippen molar-refractivity contribution in [3.63, 3.8) is 0 Å². The largest absolute Gasteiger partial charge is 0.437 e. The van der Waals surface area contributed by atoms with Crippen LogP contribution in [0.5, 0.6) is 0 Å². The Kier molecular flexibility index (Phi) is 3.14. The van der Waals surface area contributed by atoms with Crippen molar-refractivity contribution in [3.05, 3.63) is 62.7 Å². The number of nitro benzene ring substituents is 1. The standard InChI is InChI=1S/C15H11N3O4/c16-7-11-13(8-2-1-3-9(6-8)18(20)21)10-4-5-12(19)14(10)22-15(11)17/h1-3,6,13H,4-5,17H2/t13-/m1/s1. The lowest BCUT2D eigenvalue weighted by Crippen LogP contribution is -2.20. The lowest BCUT2D eigenvalue weighted by Gasteiger charge is -2.25. The highest BCUT2D eigenvalue weighted by Crippen LogP contribution is 2.45. The highest BCUT2D eigenvalue weighted by molar-refractivity contribution is 5.98. The van der Waals surface area contributed by atoms with E-state index < -0.39 is 10.8 Å². The van der Waals surface area contributed by atoms with E-state index >= 15 is 0 Å². The summed E-state index contributed by atoms with van der Waals surface area (Å²) >= 11 is 0. The zero-order valence-corrected chi connectivity index (χ0v) is 11.4. The molecule has 7 heteroatoms. The molecule has 0 amide bonds. The van der Waals surface area contributed by atoms with E-state index in [0.717, 1.165) is 0 Å². The molecule has 2 aliphatic rings. The Bertz CT molecular complexity index is 801. The average Bonchev–Trinajstić information content (AvgIpc) is 2.87. The van der Waals surface area contributed by atoms with Crippen molar-refractivity contribution in [2.45, 2.75) is 18.8 Å². The van der Waals surface area contributed by atoms with Gasteiger partial charge in [-0.15, -0.1) is 0 Å². The number of hydrogen-bond donors (Lipinski definition) is 1. The number of hydrogen-bond acceptors (Lipinski definition) is 6. The third kappa shape index (κ3) is 2.02. The normalized spacial score (nSPS) is 20.5. The van der Waals surface area contributed by atoms with Gasteiger partial charge in [0.15, 0.2) is 11.5 Å². The molecule has 0 unspecified atom stereocenters. The number of nitrogens with two attached hydrogens (primary N) is 1. The average molecular weight is 297 g/mol. The first-order valence-corrected chi connectivity index (χ1v) is 6.61. The van der Waals surface area contributed by atoms with Crippen LogP contribution in [-0.2, 0) is 9.53 Å². The zero-order chi connectivity index (χ0) is 15.9. The van der Waals surface area contributed by atoms with E-state index in [1.165, 1.54) is 12.1 Å². The molecule has 0 saturated carbocycles. The smallest absolute Gasteiger partial charge is 0.269 e. The van der Waals surface area contributed by atoms with Crippen molar-refractivity contribution in [3.8, 4) is 6.07 Å². The molecule has 1 aromatic carbocycles. The van der Waals surface area contributed by atoms with Crippen LogP contribution in [0.1, 0.15) is 24.3 Å². The Labute approximate surface area is 125 Å². The van der Waals surface area contributed by atoms with Gasteiger partial charge in [-0.25, -0.2) is 0 Å². The number of allylic oxidation sites excluding steroid dienone is 3. The molecule has 0 aromatic heterocycles. The van der Waals surface area contributed by atoms with E-state index in [2.05, 4.69) is 0 Å². The molecule has 22 heavy (non-hydrogen) atoms. The van der Waals surface area contributed by atoms with Gasteiger partial charge in [0, 0.05) is 24.5 Å². The van der Waals surface area contributed by atoms with E-state index in [1.807, 2.05) is 6.07 Å². The van der Waals surface area contributed by atoms with Crippen LogP contribution in [0.15, 0.2) is 47.1 Å². The van der Waals surface area contributed by atoms with Crippen LogP contribution in [0.4, 0.5) is 5.69 Å². The van der Waals surface area contributed by atoms with E-state index in [-0.39, 0.29) is 28.7 Å². The second-order valence-corrected chi connectivity index (χ2v) is 5.05. The molecule has 1 aliphatic heterocycles. The fourth-order valence-corrected chi connectivity index (χ4v) is 2.84. The summed E-state index contributed by atoms with van der Waals surface area (Å²) in [4.78, 5) is 22.3. The Morgan fingerprint density at radius 3 is 2.86 bits per heavy atom. The number of ketones is 1. The van der Waals surface area contributed by atoms with Crippen LogP contribution in [0.3, 0.4) is 0 Å². The lowest BCUT2D eigenvalue weighted by molar-refractivity contribution is -0.384. The molecule has 1 atom stereocenters. The van der Waals surface area contributed by atoms with E-state index in [4.69, 9.17) is 10.5 Å². The predicted molar refractivity (Wildman–Crippen MR) is 75.0 cm³/mol. The monoisotopic (exact) mass is 297 g/mol. The summed E-state index contributed by atoms with van der Waals surface area (Å²) in [6.45, 7) is 0. The summed E-state index contributed by atoms with van der Waals surface area (Å²) in [6.07, 6.45) is 0.752. The van der Waals surface area contributed by atoms with Crippen molar-refractivity contribution < 1.29 is 14.5 Å². The maximum absolute atomic E-state index is 11.8. The molecule has 0 fully saturated rings. The fraction of sp³-hybridized carbons (Fsp3) is 0.200. The van der Waals surface area contributed by atoms with E-state index in [9.17, 15) is 20.2 Å². The number of ether oxygens (including phenoxy) is 1. The number of nitrogens with zero attached hydrogens (tertiary/aromatic N) is 2. The van der Waals surface area contributed by atoms with E-state index in [0.29, 0.717) is 24.0 Å². The van der Waals surface area contributed by atoms with Crippen LogP contribution < -0.4 is 5.73 Å². The molecule has 1 aromatic rings. The topological polar surface area (TPSA) is 119 Å². The maximum atomic E-state index is 11.8. The highest BCUT2D eigenvalue weighted by Gasteiger charge is 2.39. The number of carbonyl (C=O) groups is 1. The number of benzene rings is 1. The summed E-state index contributed by atoms with van der Waals surface area (Å²) in [7, 11) is 0. The summed E-state index contributed by atoms with van der Waals surface area (Å²) in [6, 6.07) is 7.99. The van der Waals surface area contributed by atoms with Crippen molar-refractivity contribution in [1.82, 2.24) is 0 Å². The van der Waals surface area contributed by atoms with Gasteiger partial charge >= 0.3 is 0 Å². The fourth-order valence-electron chi connectivity index (χ4n) is 2.84. The second-order valence-electron chi connectivity index (χ2n) is 5.05. The first-order chi connectivity index (χ1) is 10.5. The molecular formula is C15H11N3O4. The number of nitriles is 1. The zero-order valence-electron chi connectivity index (χ0n) is 11.4. The minimum absolute atomic E-state index is 0.0775. The van der Waals surface area contributed by atoms with Crippen molar-refractivity contribution in [2.75, 3.05) is 0 Å². The molecule has 110 valence electrons. The number of carbonyl (C=O) groups excluding carboxylic acids is 1. The first-order valence-electron chi connectivity index (χ1n) is 6.61. The van der Waals surface area contributed by atoms with Crippen LogP contribution in [0.25, 0.3) is 0 Å². The number of rotatable bonds is 2. The minimum atomic E-state index is -0.569. The molecule has 0 saturated heterocycles. The number of non-ortho nitro benzene ring substituents is 1. The molecule has 0 spiro atoms. The Morgan fingerprint density at radius 2 is 2.18 bits per heavy atom. The molecule has 3 rings (SSSR count). The third-order valence-electron chi connectivity index (χ3n) is 3.82. The molecule has 7 nitrogen and oxygen atoms in total. The van der Waals surface area contributed by atoms with Gasteiger partial charge < -0.3 is 10.5 Å². The maximum Gasteiger partial charge on any atom is 0.269 e. The van der Waals surface area contributed by atoms with Crippen LogP contribution in [0, 0.1) is 21.4 Å². The van der Waals surface area contributed by atoms with Gasteiger partial charge in [0.25, 0.3) is 5.69 Å². The summed E-state index contributed by atoms with van der Waals surface area (Å²) in [5.74, 6) is -0.675. The van der Waals surface area contributed by atoms with Gasteiger partial charge in [-0.05, 0) is 17.6 Å². The summed E-state index contributed by atoms with van der Waals surface area (Å²) < 4.78 is 5.29. The quantitative estimate of drug-likeness (QED) is 0.658. The lowest BCUT2D eigenvalue weighted by atomic mass is 9.83. The second kappa shape index (κ2) is 5.00. The molecular weight excluding hydrogens is 286 g/mol. The minimum Gasteiger partial charge on any atom is -0.437 e. The predicted octanol–water partition coefficient (Wildman–Crippen LogP) is 2.02. The van der Waals surface area contributed by atoms with Gasteiger partial charge in [-0.3, -0.25) is 14.9 Å². The van der Waals surface area contributed by atoms with Gasteiger partial charge in [-0.2, -0.15) is 5.26 Å². The Balaban J connectivity index is 2.17. The van der Waals surface area contributed by atoms with Gasteiger partial charge in [0.2, 0.25) is 5.88 Å². The molecule has 1 aliphatic carbocycles. The molecule has 0 bridgehead atoms. The number of nitro groups is 1. The van der Waals surface area contributed by atoms with Gasteiger partial charge in [0.1, 0.15) is 11.6 Å². The van der Waals surface area contributed by atoms with Crippen LogP contribution in [-0.4, -0.2) is 10.7 Å². The van der Waals surface area contributed by atoms with Crippen molar-refractivity contribution >= 4 is 11.5 Å². The van der Waals surface area contributed by atoms with Crippen LogP contribution in [0.2, 0.25) is 0 Å². The summed E-state index contributed by atoms with van der Waals surface area (Å²) in [5, 5.41) is 20.3. The number of Topliss-reactive ketones (excluding diaryl/α,β-unsaturated/α-hetero) is 1. The Hall–Kier alpha value is -3.14. The van der Waals surface area contributed by atoms with Crippen molar-refractivity contribution in [1.29, 1.82) is 5.26 Å². The van der Waals surface area contributed by atoms with Crippen LogP contribution >= 0.6 is 0 Å². The highest BCUT2D eigenvalue weighted by atomic mass is 16.6. The first kappa shape index (κ1) is 13.8. The third-order valence-corrected chi connectivity index (χ3v) is 3.82. The van der Waals surface area contributed by atoms with Gasteiger partial charge in [0.05, 0.1) is 4.92 Å². The van der Waals surface area contributed by atoms with Crippen molar-refractivity contribution in [2.24, 2.45) is 5.73 Å².